The third-order valence-electron chi connectivity index (χ3n) is 4.89. The highest BCUT2D eigenvalue weighted by Crippen LogP contribution is 2.42. The second-order valence-electron chi connectivity index (χ2n) is 6.74. The molecule has 0 amide bonds. The lowest BCUT2D eigenvalue weighted by Gasteiger charge is -2.47. The minimum atomic E-state index is -2.79. The molecule has 3 nitrogen and oxygen atoms in total. The first-order valence-corrected chi connectivity index (χ1v) is 9.19. The van der Waals surface area contributed by atoms with Gasteiger partial charge in [0.25, 0.3) is 0 Å². The molecule has 1 aromatic carbocycles. The van der Waals surface area contributed by atoms with Crippen LogP contribution in [-0.2, 0) is 16.3 Å². The van der Waals surface area contributed by atoms with Gasteiger partial charge in [0.15, 0.2) is 9.84 Å². The summed E-state index contributed by atoms with van der Waals surface area (Å²) in [5, 5.41) is 3.36. The third kappa shape index (κ3) is 2.63. The first kappa shape index (κ1) is 14.1. The number of hydrogen-bond donors (Lipinski definition) is 1. The van der Waals surface area contributed by atoms with E-state index < -0.39 is 9.84 Å². The van der Waals surface area contributed by atoms with E-state index in [1.165, 1.54) is 16.7 Å². The maximum absolute atomic E-state index is 11.8. The minimum Gasteiger partial charge on any atom is -0.315 e. The maximum Gasteiger partial charge on any atom is 0.150 e. The molecule has 2 aliphatic heterocycles. The first-order chi connectivity index (χ1) is 9.39. The Kier molecular flexibility index (Phi) is 3.41. The van der Waals surface area contributed by atoms with E-state index in [1.807, 2.05) is 0 Å². The standard InChI is InChI=1S/C16H23NO2S/c1-12-5-13(2)7-14(6-12)8-16(10-17-11-16)15-3-4-20(18,19)9-15/h5-7,15,17H,3-4,8-11H2,1-2H3. The van der Waals surface area contributed by atoms with Crippen LogP contribution in [0.5, 0.6) is 0 Å². The molecule has 110 valence electrons. The SMILES string of the molecule is Cc1cc(C)cc(CC2(C3CCS(=O)(=O)C3)CNC2)c1. The number of hydrogen-bond acceptors (Lipinski definition) is 3. The molecule has 0 aromatic heterocycles. The van der Waals surface area contributed by atoms with Crippen LogP contribution >= 0.6 is 0 Å². The fraction of sp³-hybridized carbons (Fsp3) is 0.625. The van der Waals surface area contributed by atoms with Crippen LogP contribution in [0.2, 0.25) is 0 Å². The Balaban J connectivity index is 1.83. The Morgan fingerprint density at radius 3 is 2.30 bits per heavy atom. The van der Waals surface area contributed by atoms with Crippen LogP contribution in [0.4, 0.5) is 0 Å². The fourth-order valence-electron chi connectivity index (χ4n) is 3.86. The molecule has 1 atom stereocenters. The van der Waals surface area contributed by atoms with Crippen molar-refractivity contribution in [3.63, 3.8) is 0 Å². The number of benzene rings is 1. The van der Waals surface area contributed by atoms with Gasteiger partial charge in [-0.3, -0.25) is 0 Å². The average molecular weight is 293 g/mol. The van der Waals surface area contributed by atoms with Gasteiger partial charge in [0.1, 0.15) is 0 Å². The van der Waals surface area contributed by atoms with Crippen molar-refractivity contribution in [2.75, 3.05) is 24.6 Å². The zero-order valence-corrected chi connectivity index (χ0v) is 13.1. The molecule has 0 spiro atoms. The van der Waals surface area contributed by atoms with E-state index in [0.29, 0.717) is 17.4 Å². The van der Waals surface area contributed by atoms with Gasteiger partial charge in [0, 0.05) is 18.5 Å². The largest absolute Gasteiger partial charge is 0.315 e. The molecule has 2 saturated heterocycles. The zero-order valence-electron chi connectivity index (χ0n) is 12.3. The molecule has 2 heterocycles. The van der Waals surface area contributed by atoms with E-state index in [-0.39, 0.29) is 5.41 Å². The molecular formula is C16H23NO2S. The first-order valence-electron chi connectivity index (χ1n) is 7.37. The van der Waals surface area contributed by atoms with Crippen LogP contribution in [0, 0.1) is 25.2 Å². The predicted molar refractivity (Wildman–Crippen MR) is 81.7 cm³/mol. The molecule has 3 rings (SSSR count). The Hall–Kier alpha value is -0.870. The number of nitrogens with one attached hydrogen (secondary N) is 1. The molecule has 2 aliphatic rings. The molecule has 2 fully saturated rings. The molecular weight excluding hydrogens is 270 g/mol. The van der Waals surface area contributed by atoms with Crippen LogP contribution in [0.1, 0.15) is 23.1 Å². The van der Waals surface area contributed by atoms with Crippen LogP contribution in [0.3, 0.4) is 0 Å². The Bertz CT molecular complexity index is 597. The van der Waals surface area contributed by atoms with Crippen molar-refractivity contribution in [2.24, 2.45) is 11.3 Å². The van der Waals surface area contributed by atoms with E-state index in [2.05, 4.69) is 37.4 Å². The Morgan fingerprint density at radius 2 is 1.85 bits per heavy atom. The summed E-state index contributed by atoms with van der Waals surface area (Å²) < 4.78 is 23.5. The summed E-state index contributed by atoms with van der Waals surface area (Å²) in [4.78, 5) is 0. The van der Waals surface area contributed by atoms with Crippen molar-refractivity contribution in [3.05, 3.63) is 34.9 Å². The lowest BCUT2D eigenvalue weighted by Crippen LogP contribution is -2.59. The van der Waals surface area contributed by atoms with E-state index in [0.717, 1.165) is 25.9 Å². The van der Waals surface area contributed by atoms with Gasteiger partial charge in [-0.1, -0.05) is 29.3 Å². The lowest BCUT2D eigenvalue weighted by atomic mass is 9.66. The molecule has 4 heteroatoms. The summed E-state index contributed by atoms with van der Waals surface area (Å²) in [6.45, 7) is 6.17. The van der Waals surface area contributed by atoms with E-state index >= 15 is 0 Å². The van der Waals surface area contributed by atoms with Crippen molar-refractivity contribution in [1.82, 2.24) is 5.32 Å². The quantitative estimate of drug-likeness (QED) is 0.925. The van der Waals surface area contributed by atoms with Crippen LogP contribution in [-0.4, -0.2) is 33.0 Å². The third-order valence-corrected chi connectivity index (χ3v) is 6.66. The summed E-state index contributed by atoms with van der Waals surface area (Å²) in [5.41, 5.74) is 4.10. The maximum atomic E-state index is 11.8. The molecule has 1 N–H and O–H groups in total. The average Bonchev–Trinajstić information content (AvgIpc) is 2.63. The topological polar surface area (TPSA) is 46.2 Å². The predicted octanol–water partition coefficient (Wildman–Crippen LogP) is 1.87. The second kappa shape index (κ2) is 4.85. The molecule has 1 unspecified atom stereocenters. The smallest absolute Gasteiger partial charge is 0.150 e. The van der Waals surface area contributed by atoms with Gasteiger partial charge in [-0.15, -0.1) is 0 Å². The molecule has 0 aliphatic carbocycles. The molecule has 20 heavy (non-hydrogen) atoms. The second-order valence-corrected chi connectivity index (χ2v) is 8.97. The van der Waals surface area contributed by atoms with Crippen molar-refractivity contribution < 1.29 is 8.42 Å². The lowest BCUT2D eigenvalue weighted by molar-refractivity contribution is 0.0924. The highest BCUT2D eigenvalue weighted by molar-refractivity contribution is 7.91. The van der Waals surface area contributed by atoms with Gasteiger partial charge in [0.2, 0.25) is 0 Å². The summed E-state index contributed by atoms with van der Waals surface area (Å²) in [6.07, 6.45) is 1.84. The highest BCUT2D eigenvalue weighted by Gasteiger charge is 2.48. The van der Waals surface area contributed by atoms with Crippen molar-refractivity contribution >= 4 is 9.84 Å². The monoisotopic (exact) mass is 293 g/mol. The Labute approximate surface area is 121 Å². The minimum absolute atomic E-state index is 0.157. The van der Waals surface area contributed by atoms with Crippen LogP contribution in [0.25, 0.3) is 0 Å². The van der Waals surface area contributed by atoms with Gasteiger partial charge in [-0.2, -0.15) is 0 Å². The molecule has 0 saturated carbocycles. The normalized spacial score (nSPS) is 27.2. The van der Waals surface area contributed by atoms with Gasteiger partial charge in [0.05, 0.1) is 11.5 Å². The van der Waals surface area contributed by atoms with Crippen molar-refractivity contribution in [2.45, 2.75) is 26.7 Å². The van der Waals surface area contributed by atoms with E-state index in [9.17, 15) is 8.42 Å². The summed E-state index contributed by atoms with van der Waals surface area (Å²) in [7, 11) is -2.79. The van der Waals surface area contributed by atoms with Crippen LogP contribution < -0.4 is 5.32 Å². The fourth-order valence-corrected chi connectivity index (χ4v) is 5.80. The van der Waals surface area contributed by atoms with E-state index in [1.54, 1.807) is 0 Å². The summed E-state index contributed by atoms with van der Waals surface area (Å²) >= 11 is 0. The number of aryl methyl sites for hydroxylation is 2. The van der Waals surface area contributed by atoms with Crippen LogP contribution in [0.15, 0.2) is 18.2 Å². The zero-order chi connectivity index (χ0) is 14.4. The molecule has 1 aromatic rings. The van der Waals surface area contributed by atoms with E-state index in [4.69, 9.17) is 0 Å². The van der Waals surface area contributed by atoms with Gasteiger partial charge < -0.3 is 5.32 Å². The Morgan fingerprint density at radius 1 is 1.20 bits per heavy atom. The van der Waals surface area contributed by atoms with Crippen molar-refractivity contribution in [1.29, 1.82) is 0 Å². The summed E-state index contributed by atoms with van der Waals surface area (Å²) in [5.74, 6) is 1.10. The van der Waals surface area contributed by atoms with Gasteiger partial charge in [-0.05, 0) is 38.2 Å². The molecule has 0 radical (unpaired) electrons. The van der Waals surface area contributed by atoms with Gasteiger partial charge in [-0.25, -0.2) is 8.42 Å². The van der Waals surface area contributed by atoms with Crippen molar-refractivity contribution in [3.8, 4) is 0 Å². The molecule has 0 bridgehead atoms. The number of sulfone groups is 1. The van der Waals surface area contributed by atoms with Gasteiger partial charge >= 0.3 is 0 Å². The summed E-state index contributed by atoms with van der Waals surface area (Å²) in [6, 6.07) is 6.68. The number of rotatable bonds is 3. The highest BCUT2D eigenvalue weighted by atomic mass is 32.2.